The Balaban J connectivity index is 1.99. The molecule has 5 heteroatoms. The zero-order valence-corrected chi connectivity index (χ0v) is 14.2. The van der Waals surface area contributed by atoms with E-state index in [1.165, 1.54) is 5.56 Å². The maximum atomic E-state index is 11.6. The molecule has 21 heavy (non-hydrogen) atoms. The second kappa shape index (κ2) is 5.97. The SMILES string of the molecule is CN(c1ccc(CNC(C)(C)C)cc1)C1CCS(=O)(=O)C1. The lowest BCUT2D eigenvalue weighted by Gasteiger charge is -2.26. The Kier molecular flexibility index (Phi) is 4.63. The maximum absolute atomic E-state index is 11.6. The standard InChI is InChI=1S/C16H26N2O2S/c1-16(2,3)17-11-13-5-7-14(8-6-13)18(4)15-9-10-21(19,20)12-15/h5-8,15,17H,9-12H2,1-4H3. The molecule has 1 aliphatic rings. The molecule has 1 aliphatic heterocycles. The monoisotopic (exact) mass is 310 g/mol. The minimum absolute atomic E-state index is 0.105. The van der Waals surface area contributed by atoms with Crippen LogP contribution in [0.4, 0.5) is 5.69 Å². The van der Waals surface area contributed by atoms with E-state index in [4.69, 9.17) is 0 Å². The number of nitrogens with zero attached hydrogens (tertiary/aromatic N) is 1. The molecule has 118 valence electrons. The van der Waals surface area contributed by atoms with Crippen LogP contribution in [0.2, 0.25) is 0 Å². The van der Waals surface area contributed by atoms with Crippen LogP contribution in [0.25, 0.3) is 0 Å². The molecule has 0 amide bonds. The molecule has 0 radical (unpaired) electrons. The van der Waals surface area contributed by atoms with Crippen LogP contribution in [0.15, 0.2) is 24.3 Å². The van der Waals surface area contributed by atoms with E-state index in [0.717, 1.165) is 18.7 Å². The van der Waals surface area contributed by atoms with Crippen molar-refractivity contribution in [2.45, 2.75) is 45.3 Å². The number of sulfone groups is 1. The summed E-state index contributed by atoms with van der Waals surface area (Å²) in [5.41, 5.74) is 2.42. The van der Waals surface area contributed by atoms with E-state index in [1.54, 1.807) is 0 Å². The van der Waals surface area contributed by atoms with Crippen LogP contribution in [0.5, 0.6) is 0 Å². The van der Waals surface area contributed by atoms with Crippen molar-refractivity contribution >= 4 is 15.5 Å². The lowest BCUT2D eigenvalue weighted by atomic mass is 10.1. The van der Waals surface area contributed by atoms with Gasteiger partial charge in [-0.2, -0.15) is 0 Å². The number of rotatable bonds is 4. The summed E-state index contributed by atoms with van der Waals surface area (Å²) in [5.74, 6) is 0.590. The molecule has 1 aromatic carbocycles. The second-order valence-electron chi connectivity index (χ2n) is 6.94. The van der Waals surface area contributed by atoms with Gasteiger partial charge in [0.25, 0.3) is 0 Å². The molecule has 1 saturated heterocycles. The van der Waals surface area contributed by atoms with Gasteiger partial charge in [-0.1, -0.05) is 12.1 Å². The Hall–Kier alpha value is -1.07. The number of hydrogen-bond acceptors (Lipinski definition) is 4. The third-order valence-corrected chi connectivity index (χ3v) is 5.67. The summed E-state index contributed by atoms with van der Waals surface area (Å²) < 4.78 is 23.2. The van der Waals surface area contributed by atoms with Gasteiger partial charge in [-0.05, 0) is 44.9 Å². The molecular weight excluding hydrogens is 284 g/mol. The third-order valence-electron chi connectivity index (χ3n) is 3.92. The summed E-state index contributed by atoms with van der Waals surface area (Å²) in [6.45, 7) is 7.28. The molecule has 1 fully saturated rings. The molecule has 2 rings (SSSR count). The Morgan fingerprint density at radius 3 is 2.33 bits per heavy atom. The largest absolute Gasteiger partial charge is 0.371 e. The Morgan fingerprint density at radius 2 is 1.86 bits per heavy atom. The van der Waals surface area contributed by atoms with Crippen molar-refractivity contribution in [3.05, 3.63) is 29.8 Å². The molecule has 1 N–H and O–H groups in total. The van der Waals surface area contributed by atoms with E-state index >= 15 is 0 Å². The Labute approximate surface area is 128 Å². The minimum Gasteiger partial charge on any atom is -0.371 e. The quantitative estimate of drug-likeness (QED) is 0.926. The van der Waals surface area contributed by atoms with Gasteiger partial charge in [0.2, 0.25) is 0 Å². The van der Waals surface area contributed by atoms with Gasteiger partial charge >= 0.3 is 0 Å². The average molecular weight is 310 g/mol. The van der Waals surface area contributed by atoms with E-state index in [2.05, 4.69) is 55.3 Å². The van der Waals surface area contributed by atoms with Crippen molar-refractivity contribution < 1.29 is 8.42 Å². The van der Waals surface area contributed by atoms with E-state index in [0.29, 0.717) is 5.75 Å². The molecule has 0 spiro atoms. The van der Waals surface area contributed by atoms with Gasteiger partial charge < -0.3 is 10.2 Å². The normalized spacial score (nSPS) is 21.4. The molecular formula is C16H26N2O2S. The van der Waals surface area contributed by atoms with Gasteiger partial charge in [0.05, 0.1) is 11.5 Å². The van der Waals surface area contributed by atoms with Crippen LogP contribution < -0.4 is 10.2 Å². The van der Waals surface area contributed by atoms with E-state index in [-0.39, 0.29) is 17.3 Å². The van der Waals surface area contributed by atoms with Crippen molar-refractivity contribution in [1.29, 1.82) is 0 Å². The smallest absolute Gasteiger partial charge is 0.152 e. The van der Waals surface area contributed by atoms with Crippen molar-refractivity contribution in [1.82, 2.24) is 5.32 Å². The lowest BCUT2D eigenvalue weighted by molar-refractivity contribution is 0.424. The first-order valence-corrected chi connectivity index (χ1v) is 9.26. The molecule has 0 aliphatic carbocycles. The second-order valence-corrected chi connectivity index (χ2v) is 9.17. The van der Waals surface area contributed by atoms with Crippen molar-refractivity contribution in [2.24, 2.45) is 0 Å². The van der Waals surface area contributed by atoms with Crippen LogP contribution >= 0.6 is 0 Å². The van der Waals surface area contributed by atoms with E-state index in [1.807, 2.05) is 7.05 Å². The summed E-state index contributed by atoms with van der Waals surface area (Å²) in [6.07, 6.45) is 0.728. The van der Waals surface area contributed by atoms with Gasteiger partial charge in [0.15, 0.2) is 9.84 Å². The zero-order chi connectivity index (χ0) is 15.7. The highest BCUT2D eigenvalue weighted by atomic mass is 32.2. The number of anilines is 1. The Bertz CT molecular complexity index is 573. The lowest BCUT2D eigenvalue weighted by Crippen LogP contribution is -2.35. The fourth-order valence-electron chi connectivity index (χ4n) is 2.51. The van der Waals surface area contributed by atoms with Crippen LogP contribution in [-0.2, 0) is 16.4 Å². The highest BCUT2D eigenvalue weighted by Gasteiger charge is 2.30. The molecule has 4 nitrogen and oxygen atoms in total. The topological polar surface area (TPSA) is 49.4 Å². The molecule has 1 aromatic rings. The minimum atomic E-state index is -2.83. The molecule has 0 saturated carbocycles. The fraction of sp³-hybridized carbons (Fsp3) is 0.625. The first kappa shape index (κ1) is 16.3. The van der Waals surface area contributed by atoms with Crippen LogP contribution in [-0.4, -0.2) is 38.6 Å². The van der Waals surface area contributed by atoms with Crippen molar-refractivity contribution in [2.75, 3.05) is 23.5 Å². The number of benzene rings is 1. The molecule has 0 aromatic heterocycles. The summed E-state index contributed by atoms with van der Waals surface area (Å²) >= 11 is 0. The predicted octanol–water partition coefficient (Wildman–Crippen LogP) is 2.20. The van der Waals surface area contributed by atoms with Crippen LogP contribution in [0.3, 0.4) is 0 Å². The van der Waals surface area contributed by atoms with Crippen molar-refractivity contribution in [3.8, 4) is 0 Å². The van der Waals surface area contributed by atoms with E-state index in [9.17, 15) is 8.42 Å². The summed E-state index contributed by atoms with van der Waals surface area (Å²) in [4.78, 5) is 2.09. The summed E-state index contributed by atoms with van der Waals surface area (Å²) in [7, 11) is -0.853. The average Bonchev–Trinajstić information content (AvgIpc) is 2.76. The van der Waals surface area contributed by atoms with Gasteiger partial charge in [0.1, 0.15) is 0 Å². The number of hydrogen-bond donors (Lipinski definition) is 1. The van der Waals surface area contributed by atoms with Gasteiger partial charge in [-0.25, -0.2) is 8.42 Å². The molecule has 1 heterocycles. The van der Waals surface area contributed by atoms with Gasteiger partial charge in [-0.3, -0.25) is 0 Å². The third kappa shape index (κ3) is 4.71. The predicted molar refractivity (Wildman–Crippen MR) is 88.5 cm³/mol. The fourth-order valence-corrected chi connectivity index (χ4v) is 4.28. The van der Waals surface area contributed by atoms with Gasteiger partial charge in [-0.15, -0.1) is 0 Å². The molecule has 1 atom stereocenters. The molecule has 1 unspecified atom stereocenters. The van der Waals surface area contributed by atoms with E-state index < -0.39 is 9.84 Å². The summed E-state index contributed by atoms with van der Waals surface area (Å²) in [6, 6.07) is 8.46. The number of nitrogens with one attached hydrogen (secondary N) is 1. The van der Waals surface area contributed by atoms with Gasteiger partial charge in [0, 0.05) is 30.9 Å². The summed E-state index contributed by atoms with van der Waals surface area (Å²) in [5, 5.41) is 3.46. The maximum Gasteiger partial charge on any atom is 0.152 e. The van der Waals surface area contributed by atoms with Crippen molar-refractivity contribution in [3.63, 3.8) is 0 Å². The van der Waals surface area contributed by atoms with Crippen LogP contribution in [0, 0.1) is 0 Å². The van der Waals surface area contributed by atoms with Crippen LogP contribution in [0.1, 0.15) is 32.8 Å². The highest BCUT2D eigenvalue weighted by molar-refractivity contribution is 7.91. The first-order chi connectivity index (χ1) is 9.66. The molecule has 0 bridgehead atoms. The first-order valence-electron chi connectivity index (χ1n) is 7.43. The highest BCUT2D eigenvalue weighted by Crippen LogP contribution is 2.23. The zero-order valence-electron chi connectivity index (χ0n) is 13.4. The Morgan fingerprint density at radius 1 is 1.24 bits per heavy atom.